The van der Waals surface area contributed by atoms with Gasteiger partial charge in [0, 0.05) is 47.5 Å². The smallest absolute Gasteiger partial charge is 0.0539 e. The van der Waals surface area contributed by atoms with Gasteiger partial charge in [-0.3, -0.25) is 0 Å². The molecular formula is C31H35ClN2. The number of hydrogen-bond donors (Lipinski definition) is 0. The van der Waals surface area contributed by atoms with Crippen molar-refractivity contribution in [1.82, 2.24) is 0 Å². The Kier molecular flexibility index (Phi) is 5.98. The van der Waals surface area contributed by atoms with Crippen molar-refractivity contribution in [3.63, 3.8) is 0 Å². The average Bonchev–Trinajstić information content (AvgIpc) is 3.19. The first kappa shape index (κ1) is 23.1. The van der Waals surface area contributed by atoms with E-state index in [2.05, 4.69) is 118 Å². The van der Waals surface area contributed by atoms with Crippen molar-refractivity contribution in [3.8, 4) is 0 Å². The molecule has 2 unspecified atom stereocenters. The number of likely N-dealkylation sites (N-methyl/N-ethyl adjacent to an activating group) is 2. The van der Waals surface area contributed by atoms with Crippen LogP contribution in [0.25, 0.3) is 0 Å². The molecule has 0 amide bonds. The van der Waals surface area contributed by atoms with Gasteiger partial charge < -0.3 is 9.80 Å². The summed E-state index contributed by atoms with van der Waals surface area (Å²) in [6.07, 6.45) is 12.4. The maximum absolute atomic E-state index is 6.98. The summed E-state index contributed by atoms with van der Waals surface area (Å²) in [5.74, 6) is 0.474. The summed E-state index contributed by atoms with van der Waals surface area (Å²) in [5.41, 5.74) is 9.24. The summed E-state index contributed by atoms with van der Waals surface area (Å²) in [6, 6.07) is 17.8. The Balaban J connectivity index is 1.41. The number of nitrogens with zero attached hydrogens (tertiary/aromatic N) is 2. The van der Waals surface area contributed by atoms with Gasteiger partial charge in [-0.15, -0.1) is 0 Å². The van der Waals surface area contributed by atoms with E-state index in [0.717, 1.165) is 24.3 Å². The molecule has 0 saturated heterocycles. The molecule has 3 heteroatoms. The number of halogens is 1. The maximum Gasteiger partial charge on any atom is 0.0539 e. The fraction of sp³-hybridized carbons (Fsp3) is 0.355. The predicted molar refractivity (Wildman–Crippen MR) is 147 cm³/mol. The number of benzene rings is 2. The van der Waals surface area contributed by atoms with Crippen molar-refractivity contribution in [3.05, 3.63) is 106 Å². The van der Waals surface area contributed by atoms with Gasteiger partial charge in [-0.05, 0) is 59.7 Å². The number of fused-ring (bicyclic) bond motifs is 2. The third kappa shape index (κ3) is 3.73. The van der Waals surface area contributed by atoms with E-state index in [9.17, 15) is 0 Å². The Labute approximate surface area is 209 Å². The molecule has 2 heterocycles. The van der Waals surface area contributed by atoms with Gasteiger partial charge >= 0.3 is 0 Å². The number of para-hydroxylation sites is 2. The predicted octanol–water partition coefficient (Wildman–Crippen LogP) is 8.08. The summed E-state index contributed by atoms with van der Waals surface area (Å²) < 4.78 is 0. The van der Waals surface area contributed by atoms with Crippen LogP contribution in [0, 0.1) is 0 Å². The highest BCUT2D eigenvalue weighted by Gasteiger charge is 2.37. The molecule has 1 aliphatic carbocycles. The number of anilines is 2. The van der Waals surface area contributed by atoms with Gasteiger partial charge in [0.15, 0.2) is 0 Å². The van der Waals surface area contributed by atoms with E-state index in [1.807, 2.05) is 0 Å². The molecule has 2 aromatic rings. The van der Waals surface area contributed by atoms with E-state index >= 15 is 0 Å². The molecule has 0 radical (unpaired) electrons. The maximum atomic E-state index is 6.98. The molecule has 0 N–H and O–H groups in total. The van der Waals surface area contributed by atoms with E-state index in [0.29, 0.717) is 12.0 Å². The van der Waals surface area contributed by atoms with Crippen LogP contribution in [0.2, 0.25) is 0 Å². The van der Waals surface area contributed by atoms with Crippen LogP contribution in [0.3, 0.4) is 0 Å². The zero-order chi connectivity index (χ0) is 24.0. The molecule has 3 aliphatic rings. The summed E-state index contributed by atoms with van der Waals surface area (Å²) >= 11 is 6.98. The van der Waals surface area contributed by atoms with Crippen molar-refractivity contribution in [1.29, 1.82) is 0 Å². The first-order chi connectivity index (χ1) is 16.3. The molecule has 0 fully saturated rings. The van der Waals surface area contributed by atoms with Crippen LogP contribution in [-0.4, -0.2) is 20.1 Å². The lowest BCUT2D eigenvalue weighted by molar-refractivity contribution is 0.640. The Hall–Kier alpha value is -2.71. The van der Waals surface area contributed by atoms with Crippen LogP contribution in [0.15, 0.2) is 94.7 Å². The molecule has 0 spiro atoms. The first-order valence-corrected chi connectivity index (χ1v) is 12.8. The van der Waals surface area contributed by atoms with Gasteiger partial charge in [0.25, 0.3) is 0 Å². The second-order valence-corrected chi connectivity index (χ2v) is 10.8. The number of hydrogen-bond acceptors (Lipinski definition) is 2. The minimum Gasteiger partial charge on any atom is -0.367 e. The Morgan fingerprint density at radius 1 is 0.941 bits per heavy atom. The van der Waals surface area contributed by atoms with Crippen molar-refractivity contribution in [2.75, 3.05) is 23.9 Å². The molecule has 2 atom stereocenters. The lowest BCUT2D eigenvalue weighted by Gasteiger charge is -2.24. The summed E-state index contributed by atoms with van der Waals surface area (Å²) in [6.45, 7) is 6.94. The Morgan fingerprint density at radius 2 is 1.65 bits per heavy atom. The largest absolute Gasteiger partial charge is 0.367 e. The zero-order valence-electron chi connectivity index (χ0n) is 21.0. The van der Waals surface area contributed by atoms with Crippen LogP contribution in [0.5, 0.6) is 0 Å². The van der Waals surface area contributed by atoms with E-state index in [1.165, 1.54) is 39.3 Å². The fourth-order valence-corrected chi connectivity index (χ4v) is 6.39. The molecule has 2 nitrogen and oxygen atoms in total. The molecule has 0 aromatic heterocycles. The average molecular weight is 471 g/mol. The molecule has 2 aromatic carbocycles. The second kappa shape index (κ2) is 8.82. The third-order valence-electron chi connectivity index (χ3n) is 8.10. The van der Waals surface area contributed by atoms with E-state index in [1.54, 1.807) is 0 Å². The third-order valence-corrected chi connectivity index (χ3v) is 8.59. The second-order valence-electron chi connectivity index (χ2n) is 10.4. The number of rotatable bonds is 3. The van der Waals surface area contributed by atoms with Gasteiger partial charge in [0.05, 0.1) is 6.04 Å². The summed E-state index contributed by atoms with van der Waals surface area (Å²) in [5, 5.41) is 0.932. The van der Waals surface area contributed by atoms with Crippen molar-refractivity contribution in [2.24, 2.45) is 0 Å². The van der Waals surface area contributed by atoms with Gasteiger partial charge in [0.1, 0.15) is 0 Å². The zero-order valence-corrected chi connectivity index (χ0v) is 21.7. The lowest BCUT2D eigenvalue weighted by Crippen LogP contribution is -2.27. The summed E-state index contributed by atoms with van der Waals surface area (Å²) in [4.78, 5) is 4.72. The van der Waals surface area contributed by atoms with Crippen molar-refractivity contribution < 1.29 is 0 Å². The monoisotopic (exact) mass is 470 g/mol. The van der Waals surface area contributed by atoms with Crippen LogP contribution in [0.1, 0.15) is 57.1 Å². The molecule has 34 heavy (non-hydrogen) atoms. The standard InChI is InChI=1S/C31H35ClN2/c1-21-24-13-6-8-15-27(24)33(4)26(21)19-17-22-11-10-12-23(30(22)32)18-20-29-31(2,3)25-14-7-9-16-28(25)34(29)5/h6-9,13-21,26H,10-12H2,1-5H3/b19-17+,23-18+,29-20-. The van der Waals surface area contributed by atoms with Gasteiger partial charge in [-0.1, -0.05) is 87.0 Å². The fourth-order valence-electron chi connectivity index (χ4n) is 6.07. The van der Waals surface area contributed by atoms with Crippen LogP contribution in [0.4, 0.5) is 11.4 Å². The highest BCUT2D eigenvalue weighted by molar-refractivity contribution is 6.32. The normalized spacial score (nSPS) is 26.2. The molecule has 176 valence electrons. The minimum atomic E-state index is -0.0196. The molecular weight excluding hydrogens is 436 g/mol. The number of allylic oxidation sites excluding steroid dienone is 7. The molecule has 5 rings (SSSR count). The summed E-state index contributed by atoms with van der Waals surface area (Å²) in [7, 11) is 4.37. The highest BCUT2D eigenvalue weighted by atomic mass is 35.5. The SMILES string of the molecule is CC1c2ccccc2N(C)C1/C=C/C1=C(Cl)C(=C/C=C2\N(C)c3ccccc3C2(C)C)/CCC1. The topological polar surface area (TPSA) is 6.48 Å². The van der Waals surface area contributed by atoms with Crippen LogP contribution >= 0.6 is 11.6 Å². The van der Waals surface area contributed by atoms with Gasteiger partial charge in [-0.25, -0.2) is 0 Å². The van der Waals surface area contributed by atoms with E-state index in [4.69, 9.17) is 11.6 Å². The molecule has 0 saturated carbocycles. The van der Waals surface area contributed by atoms with Gasteiger partial charge in [0.2, 0.25) is 0 Å². The van der Waals surface area contributed by atoms with Crippen molar-refractivity contribution in [2.45, 2.75) is 57.4 Å². The first-order valence-electron chi connectivity index (χ1n) is 12.4. The van der Waals surface area contributed by atoms with Crippen molar-refractivity contribution >= 4 is 23.0 Å². The minimum absolute atomic E-state index is 0.0196. The van der Waals surface area contributed by atoms with Gasteiger partial charge in [-0.2, -0.15) is 0 Å². The quantitative estimate of drug-likeness (QED) is 0.447. The Bertz CT molecular complexity index is 1200. The highest BCUT2D eigenvalue weighted by Crippen LogP contribution is 2.47. The van der Waals surface area contributed by atoms with Crippen LogP contribution < -0.4 is 9.80 Å². The van der Waals surface area contributed by atoms with E-state index in [-0.39, 0.29) is 5.41 Å². The van der Waals surface area contributed by atoms with Crippen LogP contribution in [-0.2, 0) is 5.41 Å². The lowest BCUT2D eigenvalue weighted by atomic mass is 9.83. The molecule has 2 aliphatic heterocycles. The van der Waals surface area contributed by atoms with E-state index < -0.39 is 0 Å². The Morgan fingerprint density at radius 3 is 2.38 bits per heavy atom. The molecule has 0 bridgehead atoms.